The number of amides is 1. The molecule has 0 saturated carbocycles. The molecule has 2 bridgehead atoms. The SMILES string of the molecule is O=C(c1ccc(F)c(Cl)c1Cl)N1C2COCC1c1nnc(-c3cscn3)n1C2. The van der Waals surface area contributed by atoms with Crippen molar-refractivity contribution < 1.29 is 13.9 Å². The lowest BCUT2D eigenvalue weighted by molar-refractivity contribution is -0.0569. The van der Waals surface area contributed by atoms with Crippen LogP contribution in [0.25, 0.3) is 11.5 Å². The lowest BCUT2D eigenvalue weighted by Gasteiger charge is -2.45. The van der Waals surface area contributed by atoms with E-state index < -0.39 is 11.9 Å². The van der Waals surface area contributed by atoms with Gasteiger partial charge in [-0.3, -0.25) is 4.79 Å². The van der Waals surface area contributed by atoms with Crippen molar-refractivity contribution in [2.75, 3.05) is 13.2 Å². The maximum atomic E-state index is 13.6. The Morgan fingerprint density at radius 2 is 2.11 bits per heavy atom. The molecule has 2 aliphatic heterocycles. The molecule has 2 aliphatic rings. The first kappa shape index (κ1) is 18.0. The minimum atomic E-state index is -0.668. The Hall–Kier alpha value is -2.07. The second-order valence-corrected chi connectivity index (χ2v) is 7.98. The Balaban J connectivity index is 1.56. The van der Waals surface area contributed by atoms with Gasteiger partial charge >= 0.3 is 0 Å². The molecule has 0 spiro atoms. The van der Waals surface area contributed by atoms with E-state index in [1.54, 1.807) is 10.4 Å². The zero-order chi connectivity index (χ0) is 19.4. The summed E-state index contributed by atoms with van der Waals surface area (Å²) >= 11 is 13.5. The number of nitrogens with zero attached hydrogens (tertiary/aromatic N) is 5. The van der Waals surface area contributed by atoms with Crippen LogP contribution in [-0.2, 0) is 11.3 Å². The lowest BCUT2D eigenvalue weighted by atomic mass is 10.0. The van der Waals surface area contributed by atoms with Crippen LogP contribution in [0.15, 0.2) is 23.0 Å². The maximum absolute atomic E-state index is 13.6. The van der Waals surface area contributed by atoms with Crippen molar-refractivity contribution in [3.8, 4) is 11.5 Å². The smallest absolute Gasteiger partial charge is 0.256 e. The molecule has 5 rings (SSSR count). The molecule has 7 nitrogen and oxygen atoms in total. The molecule has 4 heterocycles. The van der Waals surface area contributed by atoms with E-state index in [1.807, 2.05) is 9.95 Å². The van der Waals surface area contributed by atoms with Crippen LogP contribution in [0, 0.1) is 5.82 Å². The Kier molecular flexibility index (Phi) is 4.35. The summed E-state index contributed by atoms with van der Waals surface area (Å²) in [5.41, 5.74) is 2.63. The van der Waals surface area contributed by atoms with Gasteiger partial charge in [-0.25, -0.2) is 9.37 Å². The van der Waals surface area contributed by atoms with Crippen molar-refractivity contribution in [2.24, 2.45) is 0 Å². The third-order valence-corrected chi connectivity index (χ3v) is 6.39. The monoisotopic (exact) mass is 439 g/mol. The zero-order valence-electron chi connectivity index (χ0n) is 14.2. The fraction of sp³-hybridized carbons (Fsp3) is 0.294. The van der Waals surface area contributed by atoms with Gasteiger partial charge in [0, 0.05) is 11.9 Å². The largest absolute Gasteiger partial charge is 0.377 e. The van der Waals surface area contributed by atoms with Crippen LogP contribution < -0.4 is 0 Å². The second kappa shape index (κ2) is 6.77. The van der Waals surface area contributed by atoms with E-state index in [0.29, 0.717) is 24.8 Å². The molecule has 2 atom stereocenters. The third kappa shape index (κ3) is 2.65. The highest BCUT2D eigenvalue weighted by Gasteiger charge is 2.44. The van der Waals surface area contributed by atoms with Gasteiger partial charge in [-0.1, -0.05) is 23.2 Å². The molecule has 3 aromatic rings. The van der Waals surface area contributed by atoms with E-state index in [4.69, 9.17) is 27.9 Å². The van der Waals surface area contributed by atoms with Crippen LogP contribution in [0.2, 0.25) is 10.0 Å². The first-order valence-electron chi connectivity index (χ1n) is 8.42. The fourth-order valence-electron chi connectivity index (χ4n) is 3.67. The van der Waals surface area contributed by atoms with Crippen LogP contribution in [0.3, 0.4) is 0 Å². The Morgan fingerprint density at radius 3 is 2.89 bits per heavy atom. The standard InChI is InChI=1S/C17H12Cl2FN5O2S/c18-13-9(1-2-10(20)14(13)19)17(26)25-8-3-24-15(11-6-28-7-21-11)22-23-16(24)12(25)5-27-4-8/h1-2,6-8,12H,3-5H2. The number of hydrogen-bond acceptors (Lipinski definition) is 6. The van der Waals surface area contributed by atoms with Crippen LogP contribution in [-0.4, -0.2) is 49.8 Å². The first-order valence-corrected chi connectivity index (χ1v) is 10.1. The molecular formula is C17H12Cl2FN5O2S. The predicted molar refractivity (Wildman–Crippen MR) is 101 cm³/mol. The number of rotatable bonds is 2. The highest BCUT2D eigenvalue weighted by Crippen LogP contribution is 2.37. The molecule has 1 amide bonds. The summed E-state index contributed by atoms with van der Waals surface area (Å²) in [5, 5.41) is 10.1. The van der Waals surface area contributed by atoms with Gasteiger partial charge < -0.3 is 14.2 Å². The number of hydrogen-bond donors (Lipinski definition) is 0. The number of aromatic nitrogens is 4. The Bertz CT molecular complexity index is 1070. The van der Waals surface area contributed by atoms with Crippen molar-refractivity contribution in [2.45, 2.75) is 18.6 Å². The molecule has 0 radical (unpaired) electrons. The van der Waals surface area contributed by atoms with Crippen molar-refractivity contribution in [3.63, 3.8) is 0 Å². The average Bonchev–Trinajstić information content (AvgIpc) is 3.35. The summed E-state index contributed by atoms with van der Waals surface area (Å²) in [7, 11) is 0. The van der Waals surface area contributed by atoms with Gasteiger partial charge in [0.05, 0.1) is 40.4 Å². The molecule has 1 fully saturated rings. The summed E-state index contributed by atoms with van der Waals surface area (Å²) in [6, 6.07) is 1.81. The second-order valence-electron chi connectivity index (χ2n) is 6.51. The Morgan fingerprint density at radius 1 is 1.25 bits per heavy atom. The van der Waals surface area contributed by atoms with Crippen molar-refractivity contribution in [3.05, 3.63) is 50.3 Å². The van der Waals surface area contributed by atoms with Crippen molar-refractivity contribution in [1.29, 1.82) is 0 Å². The highest BCUT2D eigenvalue weighted by molar-refractivity contribution is 7.07. The number of halogens is 3. The molecule has 144 valence electrons. The Labute approximate surface area is 172 Å². The average molecular weight is 440 g/mol. The van der Waals surface area contributed by atoms with Crippen LogP contribution in [0.5, 0.6) is 0 Å². The van der Waals surface area contributed by atoms with Crippen LogP contribution >= 0.6 is 34.5 Å². The molecular weight excluding hydrogens is 428 g/mol. The van der Waals surface area contributed by atoms with Gasteiger partial charge in [0.2, 0.25) is 0 Å². The maximum Gasteiger partial charge on any atom is 0.256 e. The number of thiazole rings is 1. The molecule has 1 saturated heterocycles. The number of fused-ring (bicyclic) bond motifs is 4. The number of ether oxygens (including phenoxy) is 1. The quantitative estimate of drug-likeness (QED) is 0.571. The predicted octanol–water partition coefficient (Wildman–Crippen LogP) is 3.44. The van der Waals surface area contributed by atoms with E-state index in [-0.39, 0.29) is 34.2 Å². The number of carbonyl (C=O) groups is 1. The molecule has 2 aromatic heterocycles. The summed E-state index contributed by atoms with van der Waals surface area (Å²) in [6.07, 6.45) is 0. The minimum Gasteiger partial charge on any atom is -0.377 e. The van der Waals surface area contributed by atoms with Gasteiger partial charge in [0.1, 0.15) is 17.6 Å². The normalized spacial score (nSPS) is 20.9. The minimum absolute atomic E-state index is 0.0964. The number of morpholine rings is 1. The van der Waals surface area contributed by atoms with E-state index in [0.717, 1.165) is 11.8 Å². The van der Waals surface area contributed by atoms with Crippen LogP contribution in [0.1, 0.15) is 22.2 Å². The van der Waals surface area contributed by atoms with Gasteiger partial charge in [-0.05, 0) is 12.1 Å². The molecule has 2 unspecified atom stereocenters. The topological polar surface area (TPSA) is 73.1 Å². The molecule has 11 heteroatoms. The highest BCUT2D eigenvalue weighted by atomic mass is 35.5. The number of carbonyl (C=O) groups excluding carboxylic acids is 1. The molecule has 0 aliphatic carbocycles. The molecule has 1 aromatic carbocycles. The number of benzene rings is 1. The molecule has 0 N–H and O–H groups in total. The van der Waals surface area contributed by atoms with Crippen LogP contribution in [0.4, 0.5) is 4.39 Å². The summed E-state index contributed by atoms with van der Waals surface area (Å²) in [6.45, 7) is 1.11. The van der Waals surface area contributed by atoms with Crippen molar-refractivity contribution in [1.82, 2.24) is 24.6 Å². The molecule has 28 heavy (non-hydrogen) atoms. The van der Waals surface area contributed by atoms with Gasteiger partial charge in [0.15, 0.2) is 11.6 Å². The lowest BCUT2D eigenvalue weighted by Crippen LogP contribution is -2.56. The fourth-order valence-corrected chi connectivity index (χ4v) is 4.60. The van der Waals surface area contributed by atoms with Gasteiger partial charge in [-0.2, -0.15) is 0 Å². The summed E-state index contributed by atoms with van der Waals surface area (Å²) in [4.78, 5) is 19.3. The van der Waals surface area contributed by atoms with E-state index in [1.165, 1.54) is 17.4 Å². The van der Waals surface area contributed by atoms with Crippen molar-refractivity contribution >= 4 is 40.4 Å². The summed E-state index contributed by atoms with van der Waals surface area (Å²) < 4.78 is 21.3. The van der Waals surface area contributed by atoms with Gasteiger partial charge in [-0.15, -0.1) is 21.5 Å². The van der Waals surface area contributed by atoms with E-state index in [9.17, 15) is 9.18 Å². The van der Waals surface area contributed by atoms with E-state index >= 15 is 0 Å². The first-order chi connectivity index (χ1) is 13.6. The zero-order valence-corrected chi connectivity index (χ0v) is 16.5. The summed E-state index contributed by atoms with van der Waals surface area (Å²) in [5.74, 6) is 0.285. The third-order valence-electron chi connectivity index (χ3n) is 4.95. The van der Waals surface area contributed by atoms with E-state index in [2.05, 4.69) is 15.2 Å². The van der Waals surface area contributed by atoms with Gasteiger partial charge in [0.25, 0.3) is 5.91 Å².